The summed E-state index contributed by atoms with van der Waals surface area (Å²) in [4.78, 5) is 8.61. The highest BCUT2D eigenvalue weighted by Crippen LogP contribution is 2.39. The van der Waals surface area contributed by atoms with Gasteiger partial charge in [0.2, 0.25) is 5.88 Å². The van der Waals surface area contributed by atoms with Gasteiger partial charge in [0.15, 0.2) is 0 Å². The summed E-state index contributed by atoms with van der Waals surface area (Å²) in [7, 11) is 0. The van der Waals surface area contributed by atoms with Gasteiger partial charge in [0.1, 0.15) is 16.7 Å². The average molecular weight is 326 g/mol. The van der Waals surface area contributed by atoms with Crippen LogP contribution in [0, 0.1) is 0 Å². The first-order valence-electron chi connectivity index (χ1n) is 5.68. The maximum atomic E-state index is 5.98. The van der Waals surface area contributed by atoms with E-state index in [4.69, 9.17) is 16.3 Å². The number of rotatable bonds is 3. The first-order valence-corrected chi connectivity index (χ1v) is 6.86. The maximum absolute atomic E-state index is 5.98. The number of ether oxygens (including phenoxy) is 1. The number of hydrogen-bond donors (Lipinski definition) is 0. The topological polar surface area (TPSA) is 35.0 Å². The standard InChI is InChI=1S/C13H10BrClN2O/c14-9-2-1-3-10(6-9)18-12-7-11(15)16-13(17-12)8-4-5-8/h1-3,6-8H,4-5H2. The molecule has 0 amide bonds. The molecule has 0 aliphatic heterocycles. The van der Waals surface area contributed by atoms with Gasteiger partial charge < -0.3 is 4.74 Å². The van der Waals surface area contributed by atoms with E-state index in [-0.39, 0.29) is 0 Å². The number of benzene rings is 1. The smallest absolute Gasteiger partial charge is 0.224 e. The van der Waals surface area contributed by atoms with E-state index in [1.54, 1.807) is 6.07 Å². The zero-order valence-electron chi connectivity index (χ0n) is 9.44. The SMILES string of the molecule is Clc1cc(Oc2cccc(Br)c2)nc(C2CC2)n1. The normalized spacial score (nSPS) is 14.6. The van der Waals surface area contributed by atoms with Gasteiger partial charge in [0.25, 0.3) is 0 Å². The van der Waals surface area contributed by atoms with Crippen LogP contribution in [0.3, 0.4) is 0 Å². The van der Waals surface area contributed by atoms with Gasteiger partial charge in [0, 0.05) is 16.5 Å². The summed E-state index contributed by atoms with van der Waals surface area (Å²) in [6.07, 6.45) is 2.27. The van der Waals surface area contributed by atoms with Gasteiger partial charge in [-0.05, 0) is 31.0 Å². The van der Waals surface area contributed by atoms with Gasteiger partial charge in [-0.2, -0.15) is 4.98 Å². The lowest BCUT2D eigenvalue weighted by Gasteiger charge is -2.06. The molecule has 18 heavy (non-hydrogen) atoms. The van der Waals surface area contributed by atoms with Crippen LogP contribution in [0.4, 0.5) is 0 Å². The van der Waals surface area contributed by atoms with Crippen molar-refractivity contribution in [1.82, 2.24) is 9.97 Å². The molecule has 1 heterocycles. The Labute approximate surface area is 118 Å². The fourth-order valence-corrected chi connectivity index (χ4v) is 2.20. The van der Waals surface area contributed by atoms with Crippen LogP contribution < -0.4 is 4.74 Å². The van der Waals surface area contributed by atoms with Crippen LogP contribution in [0.15, 0.2) is 34.8 Å². The molecule has 0 bridgehead atoms. The highest BCUT2D eigenvalue weighted by molar-refractivity contribution is 9.10. The third kappa shape index (κ3) is 2.82. The third-order valence-corrected chi connectivity index (χ3v) is 3.34. The summed E-state index contributed by atoms with van der Waals surface area (Å²) in [5.74, 6) is 2.46. The summed E-state index contributed by atoms with van der Waals surface area (Å²) in [5.41, 5.74) is 0. The van der Waals surface area contributed by atoms with Crippen LogP contribution in [-0.2, 0) is 0 Å². The van der Waals surface area contributed by atoms with Gasteiger partial charge in [-0.15, -0.1) is 0 Å². The Morgan fingerprint density at radius 2 is 2.06 bits per heavy atom. The van der Waals surface area contributed by atoms with Crippen molar-refractivity contribution in [2.24, 2.45) is 0 Å². The molecule has 0 unspecified atom stereocenters. The lowest BCUT2D eigenvalue weighted by atomic mass is 10.3. The van der Waals surface area contributed by atoms with Gasteiger partial charge in [-0.3, -0.25) is 0 Å². The van der Waals surface area contributed by atoms with Gasteiger partial charge in [-0.1, -0.05) is 33.6 Å². The van der Waals surface area contributed by atoms with E-state index in [0.717, 1.165) is 28.9 Å². The molecule has 5 heteroatoms. The molecule has 1 aromatic heterocycles. The second-order valence-electron chi connectivity index (χ2n) is 4.22. The van der Waals surface area contributed by atoms with Gasteiger partial charge in [-0.25, -0.2) is 4.98 Å². The van der Waals surface area contributed by atoms with E-state index in [1.807, 2.05) is 24.3 Å². The zero-order valence-corrected chi connectivity index (χ0v) is 11.8. The summed E-state index contributed by atoms with van der Waals surface area (Å²) >= 11 is 9.38. The molecule has 92 valence electrons. The first-order chi connectivity index (χ1) is 8.70. The van der Waals surface area contributed by atoms with Crippen LogP contribution in [0.2, 0.25) is 5.15 Å². The molecule has 1 fully saturated rings. The maximum Gasteiger partial charge on any atom is 0.224 e. The molecule has 3 nitrogen and oxygen atoms in total. The van der Waals surface area contributed by atoms with Crippen molar-refractivity contribution in [2.45, 2.75) is 18.8 Å². The number of aromatic nitrogens is 2. The molecule has 1 aliphatic carbocycles. The first kappa shape index (κ1) is 11.9. The van der Waals surface area contributed by atoms with Crippen molar-refractivity contribution < 1.29 is 4.74 Å². The largest absolute Gasteiger partial charge is 0.439 e. The molecule has 0 atom stereocenters. The Bertz CT molecular complexity index is 587. The predicted molar refractivity (Wildman–Crippen MR) is 73.2 cm³/mol. The Hall–Kier alpha value is -1.13. The molecule has 1 aliphatic rings. The second-order valence-corrected chi connectivity index (χ2v) is 5.52. The Morgan fingerprint density at radius 1 is 1.22 bits per heavy atom. The molecule has 0 spiro atoms. The summed E-state index contributed by atoms with van der Waals surface area (Å²) in [5, 5.41) is 0.428. The molecule has 0 saturated heterocycles. The fraction of sp³-hybridized carbons (Fsp3) is 0.231. The predicted octanol–water partition coefficient (Wildman–Crippen LogP) is 4.56. The van der Waals surface area contributed by atoms with Crippen LogP contribution in [0.1, 0.15) is 24.6 Å². The minimum absolute atomic E-state index is 0.428. The quantitative estimate of drug-likeness (QED) is 0.776. The molecule has 2 aromatic rings. The summed E-state index contributed by atoms with van der Waals surface area (Å²) in [6.45, 7) is 0. The molecular formula is C13H10BrClN2O. The third-order valence-electron chi connectivity index (χ3n) is 2.65. The van der Waals surface area contributed by atoms with E-state index in [2.05, 4.69) is 25.9 Å². The zero-order chi connectivity index (χ0) is 12.5. The van der Waals surface area contributed by atoms with E-state index >= 15 is 0 Å². The minimum atomic E-state index is 0.428. The van der Waals surface area contributed by atoms with Crippen LogP contribution in [0.5, 0.6) is 11.6 Å². The van der Waals surface area contributed by atoms with Gasteiger partial charge >= 0.3 is 0 Å². The number of nitrogens with zero attached hydrogens (tertiary/aromatic N) is 2. The van der Waals surface area contributed by atoms with E-state index < -0.39 is 0 Å². The highest BCUT2D eigenvalue weighted by Gasteiger charge is 2.27. The van der Waals surface area contributed by atoms with Crippen molar-refractivity contribution >= 4 is 27.5 Å². The molecule has 1 saturated carbocycles. The van der Waals surface area contributed by atoms with Crippen molar-refractivity contribution in [1.29, 1.82) is 0 Å². The lowest BCUT2D eigenvalue weighted by molar-refractivity contribution is 0.458. The molecule has 1 aromatic carbocycles. The van der Waals surface area contributed by atoms with Gasteiger partial charge in [0.05, 0.1) is 0 Å². The minimum Gasteiger partial charge on any atom is -0.439 e. The molecule has 0 N–H and O–H groups in total. The van der Waals surface area contributed by atoms with Crippen molar-refractivity contribution in [3.63, 3.8) is 0 Å². The van der Waals surface area contributed by atoms with Crippen LogP contribution in [-0.4, -0.2) is 9.97 Å². The Morgan fingerprint density at radius 3 is 2.78 bits per heavy atom. The highest BCUT2D eigenvalue weighted by atomic mass is 79.9. The fourth-order valence-electron chi connectivity index (χ4n) is 1.64. The van der Waals surface area contributed by atoms with Crippen LogP contribution in [0.25, 0.3) is 0 Å². The van der Waals surface area contributed by atoms with E-state index in [9.17, 15) is 0 Å². The Kier molecular flexibility index (Phi) is 3.22. The van der Waals surface area contributed by atoms with Crippen molar-refractivity contribution in [3.05, 3.63) is 45.8 Å². The number of halogens is 2. The van der Waals surface area contributed by atoms with E-state index in [1.165, 1.54) is 0 Å². The van der Waals surface area contributed by atoms with E-state index in [0.29, 0.717) is 17.0 Å². The molecule has 0 radical (unpaired) electrons. The second kappa shape index (κ2) is 4.86. The number of hydrogen-bond acceptors (Lipinski definition) is 3. The lowest BCUT2D eigenvalue weighted by Crippen LogP contribution is -1.96. The van der Waals surface area contributed by atoms with Crippen molar-refractivity contribution in [3.8, 4) is 11.6 Å². The Balaban J connectivity index is 1.87. The monoisotopic (exact) mass is 324 g/mol. The van der Waals surface area contributed by atoms with Crippen molar-refractivity contribution in [2.75, 3.05) is 0 Å². The summed E-state index contributed by atoms with van der Waals surface area (Å²) < 4.78 is 6.65. The summed E-state index contributed by atoms with van der Waals surface area (Å²) in [6, 6.07) is 9.23. The molecular weight excluding hydrogens is 316 g/mol. The van der Waals surface area contributed by atoms with Crippen LogP contribution >= 0.6 is 27.5 Å². The molecule has 3 rings (SSSR count). The average Bonchev–Trinajstić information content (AvgIpc) is 3.11.